The zero-order valence-electron chi connectivity index (χ0n) is 8.98. The number of aliphatic hydroxyl groups is 1. The minimum atomic E-state index is -0.280. The highest BCUT2D eigenvalue weighted by atomic mass is 16.3. The van der Waals surface area contributed by atoms with Crippen LogP contribution < -0.4 is 0 Å². The van der Waals surface area contributed by atoms with E-state index in [4.69, 9.17) is 0 Å². The van der Waals surface area contributed by atoms with Gasteiger partial charge in [-0.3, -0.25) is 0 Å². The normalized spacial score (nSPS) is 12.7. The van der Waals surface area contributed by atoms with E-state index in [1.54, 1.807) is 18.2 Å². The molecule has 0 aliphatic carbocycles. The van der Waals surface area contributed by atoms with Crippen LogP contribution in [0.25, 0.3) is 0 Å². The molecule has 3 nitrogen and oxygen atoms in total. The number of phenols is 2. The summed E-state index contributed by atoms with van der Waals surface area (Å²) in [7, 11) is 0. The first-order chi connectivity index (χ1) is 7.15. The maximum atomic E-state index is 9.49. The molecule has 0 aromatic heterocycles. The second-order valence-electron chi connectivity index (χ2n) is 3.73. The van der Waals surface area contributed by atoms with Crippen molar-refractivity contribution in [1.29, 1.82) is 0 Å². The van der Waals surface area contributed by atoms with Gasteiger partial charge in [-0.05, 0) is 37.8 Å². The summed E-state index contributed by atoms with van der Waals surface area (Å²) in [4.78, 5) is 0. The van der Waals surface area contributed by atoms with E-state index in [9.17, 15) is 15.3 Å². The monoisotopic (exact) mass is 210 g/mol. The second kappa shape index (κ2) is 5.61. The highest BCUT2D eigenvalue weighted by Gasteiger charge is 2.07. The molecular weight excluding hydrogens is 192 g/mol. The first-order valence-corrected chi connectivity index (χ1v) is 5.33. The Morgan fingerprint density at radius 3 is 2.33 bits per heavy atom. The molecule has 0 amide bonds. The van der Waals surface area contributed by atoms with Crippen LogP contribution in [-0.2, 0) is 6.42 Å². The van der Waals surface area contributed by atoms with Crippen molar-refractivity contribution in [2.75, 3.05) is 0 Å². The molecule has 1 aromatic rings. The van der Waals surface area contributed by atoms with Gasteiger partial charge in [-0.15, -0.1) is 0 Å². The smallest absolute Gasteiger partial charge is 0.122 e. The molecule has 15 heavy (non-hydrogen) atoms. The molecule has 0 aliphatic rings. The summed E-state index contributed by atoms with van der Waals surface area (Å²) in [5.74, 6) is 0.252. The third-order valence-electron chi connectivity index (χ3n) is 2.56. The summed E-state index contributed by atoms with van der Waals surface area (Å²) in [6, 6.07) is 4.73. The molecule has 1 atom stereocenters. The van der Waals surface area contributed by atoms with Gasteiger partial charge in [-0.2, -0.15) is 0 Å². The molecule has 1 rings (SSSR count). The van der Waals surface area contributed by atoms with Crippen molar-refractivity contribution in [2.24, 2.45) is 0 Å². The van der Waals surface area contributed by atoms with Gasteiger partial charge < -0.3 is 15.3 Å². The van der Waals surface area contributed by atoms with Gasteiger partial charge in [-0.25, -0.2) is 0 Å². The Morgan fingerprint density at radius 2 is 1.80 bits per heavy atom. The number of hydrogen-bond acceptors (Lipinski definition) is 3. The van der Waals surface area contributed by atoms with E-state index in [2.05, 4.69) is 0 Å². The van der Waals surface area contributed by atoms with Gasteiger partial charge in [0.2, 0.25) is 0 Å². The third kappa shape index (κ3) is 3.44. The van der Waals surface area contributed by atoms with Gasteiger partial charge in [-0.1, -0.05) is 13.0 Å². The Kier molecular flexibility index (Phi) is 4.43. The van der Waals surface area contributed by atoms with Crippen molar-refractivity contribution >= 4 is 0 Å². The summed E-state index contributed by atoms with van der Waals surface area (Å²) in [6.45, 7) is 1.93. The average molecular weight is 210 g/mol. The Hall–Kier alpha value is -1.22. The molecule has 1 unspecified atom stereocenters. The summed E-state index contributed by atoms with van der Waals surface area (Å²) in [5.41, 5.74) is 0.570. The Bertz CT molecular complexity index is 289. The van der Waals surface area contributed by atoms with Crippen LogP contribution in [-0.4, -0.2) is 21.4 Å². The van der Waals surface area contributed by atoms with Gasteiger partial charge >= 0.3 is 0 Å². The zero-order chi connectivity index (χ0) is 11.3. The minimum Gasteiger partial charge on any atom is -0.508 e. The van der Waals surface area contributed by atoms with Crippen LogP contribution in [0.5, 0.6) is 11.5 Å². The highest BCUT2D eigenvalue weighted by molar-refractivity contribution is 5.42. The van der Waals surface area contributed by atoms with E-state index < -0.39 is 0 Å². The van der Waals surface area contributed by atoms with Gasteiger partial charge in [0.25, 0.3) is 0 Å². The molecule has 0 radical (unpaired) electrons. The zero-order valence-corrected chi connectivity index (χ0v) is 8.98. The van der Waals surface area contributed by atoms with Crippen molar-refractivity contribution in [2.45, 2.75) is 38.7 Å². The van der Waals surface area contributed by atoms with E-state index in [1.165, 1.54) is 0 Å². The molecule has 0 heterocycles. The molecule has 0 spiro atoms. The van der Waals surface area contributed by atoms with Crippen LogP contribution in [0.2, 0.25) is 0 Å². The molecule has 0 saturated carbocycles. The SMILES string of the molecule is CCC(O)CCCc1c(O)cccc1O. The fraction of sp³-hybridized carbons (Fsp3) is 0.500. The molecule has 0 aliphatic heterocycles. The predicted molar refractivity (Wildman–Crippen MR) is 59.0 cm³/mol. The van der Waals surface area contributed by atoms with Crippen molar-refractivity contribution in [3.05, 3.63) is 23.8 Å². The number of benzene rings is 1. The van der Waals surface area contributed by atoms with Crippen LogP contribution in [0.3, 0.4) is 0 Å². The lowest BCUT2D eigenvalue weighted by Gasteiger charge is -2.09. The standard InChI is InChI=1S/C12H18O3/c1-2-9(13)5-3-6-10-11(14)7-4-8-12(10)15/h4,7-9,13-15H,2-3,5-6H2,1H3. The molecule has 84 valence electrons. The molecule has 1 aromatic carbocycles. The van der Waals surface area contributed by atoms with E-state index in [0.29, 0.717) is 18.4 Å². The van der Waals surface area contributed by atoms with Crippen molar-refractivity contribution in [3.8, 4) is 11.5 Å². The van der Waals surface area contributed by atoms with Crippen LogP contribution >= 0.6 is 0 Å². The molecule has 3 N–H and O–H groups in total. The van der Waals surface area contributed by atoms with E-state index in [0.717, 1.165) is 12.8 Å². The van der Waals surface area contributed by atoms with Crippen molar-refractivity contribution in [1.82, 2.24) is 0 Å². The van der Waals surface area contributed by atoms with E-state index >= 15 is 0 Å². The Labute approximate surface area is 90.0 Å². The Balaban J connectivity index is 2.50. The van der Waals surface area contributed by atoms with Gasteiger partial charge in [0, 0.05) is 5.56 Å². The lowest BCUT2D eigenvalue weighted by atomic mass is 10.0. The molecular formula is C12H18O3. The lowest BCUT2D eigenvalue weighted by molar-refractivity contribution is 0.157. The first-order valence-electron chi connectivity index (χ1n) is 5.33. The van der Waals surface area contributed by atoms with Gasteiger partial charge in [0.05, 0.1) is 6.10 Å². The first kappa shape index (κ1) is 11.9. The quantitative estimate of drug-likeness (QED) is 0.698. The number of aromatic hydroxyl groups is 2. The average Bonchev–Trinajstić information content (AvgIpc) is 2.22. The van der Waals surface area contributed by atoms with Crippen molar-refractivity contribution < 1.29 is 15.3 Å². The van der Waals surface area contributed by atoms with Crippen LogP contribution in [0.4, 0.5) is 0 Å². The minimum absolute atomic E-state index is 0.126. The summed E-state index contributed by atoms with van der Waals surface area (Å²) < 4.78 is 0. The summed E-state index contributed by atoms with van der Waals surface area (Å²) in [6.07, 6.45) is 2.52. The van der Waals surface area contributed by atoms with Crippen LogP contribution in [0.1, 0.15) is 31.7 Å². The Morgan fingerprint density at radius 1 is 1.20 bits per heavy atom. The predicted octanol–water partition coefficient (Wildman–Crippen LogP) is 2.19. The summed E-state index contributed by atoms with van der Waals surface area (Å²) >= 11 is 0. The molecule has 0 fully saturated rings. The lowest BCUT2D eigenvalue weighted by Crippen LogP contribution is -2.04. The van der Waals surface area contributed by atoms with E-state index in [-0.39, 0.29) is 17.6 Å². The van der Waals surface area contributed by atoms with Crippen LogP contribution in [0, 0.1) is 0 Å². The van der Waals surface area contributed by atoms with Gasteiger partial charge in [0.15, 0.2) is 0 Å². The molecule has 0 bridgehead atoms. The molecule has 0 saturated heterocycles. The van der Waals surface area contributed by atoms with Crippen LogP contribution in [0.15, 0.2) is 18.2 Å². The maximum absolute atomic E-state index is 9.49. The van der Waals surface area contributed by atoms with E-state index in [1.807, 2.05) is 6.92 Å². The number of phenolic OH excluding ortho intramolecular Hbond substituents is 2. The second-order valence-corrected chi connectivity index (χ2v) is 3.73. The molecule has 3 heteroatoms. The largest absolute Gasteiger partial charge is 0.508 e. The fourth-order valence-corrected chi connectivity index (χ4v) is 1.54. The third-order valence-corrected chi connectivity index (χ3v) is 2.56. The van der Waals surface area contributed by atoms with Crippen molar-refractivity contribution in [3.63, 3.8) is 0 Å². The number of rotatable bonds is 5. The number of aliphatic hydroxyl groups excluding tert-OH is 1. The maximum Gasteiger partial charge on any atom is 0.122 e. The topological polar surface area (TPSA) is 60.7 Å². The number of hydrogen-bond donors (Lipinski definition) is 3. The summed E-state index contributed by atoms with van der Waals surface area (Å²) in [5, 5.41) is 28.3. The highest BCUT2D eigenvalue weighted by Crippen LogP contribution is 2.27. The van der Waals surface area contributed by atoms with Gasteiger partial charge in [0.1, 0.15) is 11.5 Å². The fourth-order valence-electron chi connectivity index (χ4n) is 1.54.